The van der Waals surface area contributed by atoms with Crippen molar-refractivity contribution < 1.29 is 9.59 Å². The average Bonchev–Trinajstić information content (AvgIpc) is 3.27. The number of para-hydroxylation sites is 1. The van der Waals surface area contributed by atoms with Crippen molar-refractivity contribution in [3.63, 3.8) is 0 Å². The van der Waals surface area contributed by atoms with Crippen LogP contribution < -0.4 is 10.2 Å². The monoisotopic (exact) mass is 497 g/mol. The van der Waals surface area contributed by atoms with Crippen LogP contribution in [0.4, 0.5) is 5.69 Å². The van der Waals surface area contributed by atoms with Crippen molar-refractivity contribution in [2.24, 2.45) is 5.92 Å². The smallest absolute Gasteiger partial charge is 0.249 e. The lowest BCUT2D eigenvalue weighted by Crippen LogP contribution is -2.45. The number of benzene rings is 3. The number of hydrogen-bond donors (Lipinski definition) is 1. The molecule has 0 fully saturated rings. The van der Waals surface area contributed by atoms with Crippen LogP contribution in [-0.4, -0.2) is 33.4 Å². The first kappa shape index (κ1) is 26.1. The number of nitrogens with one attached hydrogen (secondary N) is 1. The maximum Gasteiger partial charge on any atom is 0.249 e. The molecular formula is C30H35N5O2. The lowest BCUT2D eigenvalue weighted by atomic mass is 10.00. The molecule has 1 heterocycles. The largest absolute Gasteiger partial charge is 0.354 e. The average molecular weight is 498 g/mol. The summed E-state index contributed by atoms with van der Waals surface area (Å²) in [6.45, 7) is 10.8. The second kappa shape index (κ2) is 11.4. The molecule has 0 unspecified atom stereocenters. The standard InChI is InChI=1S/C30H35N5O2/c1-20(2)16-17-31-30(37)29(24-13-10-21(3)11-14-24)35(25-15-12-22(4)23(5)18-25)28(36)19-34-27-9-7-6-8-26(27)32-33-34/h6-15,18,20,29H,16-17,19H2,1-5H3,(H,31,37)/t29-/m0/s1. The van der Waals surface area contributed by atoms with E-state index in [-0.39, 0.29) is 18.4 Å². The number of anilines is 1. The molecule has 37 heavy (non-hydrogen) atoms. The summed E-state index contributed by atoms with van der Waals surface area (Å²) in [5.41, 5.74) is 6.15. The fourth-order valence-corrected chi connectivity index (χ4v) is 4.30. The quantitative estimate of drug-likeness (QED) is 0.341. The molecule has 7 heteroatoms. The Bertz CT molecular complexity index is 1390. The van der Waals surface area contributed by atoms with E-state index in [0.717, 1.165) is 39.7 Å². The molecule has 0 aliphatic rings. The third kappa shape index (κ3) is 6.05. The van der Waals surface area contributed by atoms with Crippen LogP contribution in [0.2, 0.25) is 0 Å². The minimum Gasteiger partial charge on any atom is -0.354 e. The first-order valence-corrected chi connectivity index (χ1v) is 12.8. The second-order valence-electron chi connectivity index (χ2n) is 10.1. The minimum atomic E-state index is -0.836. The molecule has 3 aromatic carbocycles. The van der Waals surface area contributed by atoms with Crippen LogP contribution >= 0.6 is 0 Å². The van der Waals surface area contributed by atoms with Gasteiger partial charge in [0.05, 0.1) is 5.52 Å². The topological polar surface area (TPSA) is 80.1 Å². The molecule has 0 aliphatic carbocycles. The van der Waals surface area contributed by atoms with E-state index in [1.165, 1.54) is 0 Å². The molecule has 0 radical (unpaired) electrons. The van der Waals surface area contributed by atoms with Gasteiger partial charge in [-0.15, -0.1) is 5.10 Å². The summed E-state index contributed by atoms with van der Waals surface area (Å²) in [5, 5.41) is 11.5. The number of hydrogen-bond acceptors (Lipinski definition) is 4. The van der Waals surface area contributed by atoms with E-state index in [2.05, 4.69) is 29.5 Å². The van der Waals surface area contributed by atoms with Crippen LogP contribution in [-0.2, 0) is 16.1 Å². The molecule has 4 aromatic rings. The van der Waals surface area contributed by atoms with Gasteiger partial charge in [-0.3, -0.25) is 14.5 Å². The second-order valence-corrected chi connectivity index (χ2v) is 10.1. The van der Waals surface area contributed by atoms with Crippen LogP contribution in [0.25, 0.3) is 11.0 Å². The van der Waals surface area contributed by atoms with Crippen molar-refractivity contribution in [1.82, 2.24) is 20.3 Å². The van der Waals surface area contributed by atoms with Gasteiger partial charge in [0.1, 0.15) is 18.1 Å². The number of carbonyl (C=O) groups is 2. The number of fused-ring (bicyclic) bond motifs is 1. The van der Waals surface area contributed by atoms with Gasteiger partial charge in [0, 0.05) is 12.2 Å². The van der Waals surface area contributed by atoms with Gasteiger partial charge in [0.15, 0.2) is 0 Å². The zero-order valence-electron chi connectivity index (χ0n) is 22.2. The van der Waals surface area contributed by atoms with Crippen molar-refractivity contribution in [2.45, 2.75) is 53.6 Å². The number of aromatic nitrogens is 3. The van der Waals surface area contributed by atoms with Crippen LogP contribution in [0.1, 0.15) is 48.6 Å². The molecule has 0 saturated heterocycles. The Labute approximate surface area is 218 Å². The molecule has 1 atom stereocenters. The molecular weight excluding hydrogens is 462 g/mol. The predicted molar refractivity (Wildman–Crippen MR) is 147 cm³/mol. The normalized spacial score (nSPS) is 12.1. The maximum absolute atomic E-state index is 14.1. The summed E-state index contributed by atoms with van der Waals surface area (Å²) in [6.07, 6.45) is 0.856. The Morgan fingerprint density at radius 2 is 1.68 bits per heavy atom. The molecule has 1 N–H and O–H groups in total. The van der Waals surface area contributed by atoms with Crippen LogP contribution in [0.3, 0.4) is 0 Å². The SMILES string of the molecule is Cc1ccc([C@@H](C(=O)NCCC(C)C)N(C(=O)Cn2nnc3ccccc32)c2ccc(C)c(C)c2)cc1. The van der Waals surface area contributed by atoms with Gasteiger partial charge in [-0.05, 0) is 74.1 Å². The van der Waals surface area contributed by atoms with E-state index in [0.29, 0.717) is 18.2 Å². The van der Waals surface area contributed by atoms with Crippen molar-refractivity contribution in [3.05, 3.63) is 89.0 Å². The van der Waals surface area contributed by atoms with E-state index in [4.69, 9.17) is 0 Å². The van der Waals surface area contributed by atoms with Gasteiger partial charge in [-0.2, -0.15) is 0 Å². The highest BCUT2D eigenvalue weighted by Gasteiger charge is 2.33. The fourth-order valence-electron chi connectivity index (χ4n) is 4.30. The van der Waals surface area contributed by atoms with Crippen molar-refractivity contribution in [2.75, 3.05) is 11.4 Å². The van der Waals surface area contributed by atoms with Crippen LogP contribution in [0.15, 0.2) is 66.7 Å². The molecule has 0 spiro atoms. The van der Waals surface area contributed by atoms with Crippen molar-refractivity contribution in [1.29, 1.82) is 0 Å². The maximum atomic E-state index is 14.1. The zero-order valence-corrected chi connectivity index (χ0v) is 22.2. The molecule has 0 bridgehead atoms. The number of rotatable bonds is 9. The minimum absolute atomic E-state index is 0.0466. The van der Waals surface area contributed by atoms with E-state index in [1.54, 1.807) is 9.58 Å². The van der Waals surface area contributed by atoms with Crippen molar-refractivity contribution in [3.8, 4) is 0 Å². The summed E-state index contributed by atoms with van der Waals surface area (Å²) in [6, 6.07) is 20.3. The van der Waals surface area contributed by atoms with Crippen molar-refractivity contribution >= 4 is 28.5 Å². The van der Waals surface area contributed by atoms with Gasteiger partial charge < -0.3 is 5.32 Å². The highest BCUT2D eigenvalue weighted by atomic mass is 16.2. The number of nitrogens with zero attached hydrogens (tertiary/aromatic N) is 4. The molecule has 4 rings (SSSR count). The van der Waals surface area contributed by atoms with Gasteiger partial charge in [-0.25, -0.2) is 4.68 Å². The molecule has 0 aliphatic heterocycles. The Balaban J connectivity index is 1.78. The van der Waals surface area contributed by atoms with Gasteiger partial charge in [0.2, 0.25) is 11.8 Å². The molecule has 0 saturated carbocycles. The first-order chi connectivity index (χ1) is 17.7. The lowest BCUT2D eigenvalue weighted by molar-refractivity contribution is -0.127. The van der Waals surface area contributed by atoms with Crippen LogP contribution in [0.5, 0.6) is 0 Å². The molecule has 192 valence electrons. The molecule has 2 amide bonds. The first-order valence-electron chi connectivity index (χ1n) is 12.8. The van der Waals surface area contributed by atoms with E-state index in [1.807, 2.05) is 87.5 Å². The van der Waals surface area contributed by atoms with E-state index in [9.17, 15) is 9.59 Å². The third-order valence-corrected chi connectivity index (χ3v) is 6.66. The summed E-state index contributed by atoms with van der Waals surface area (Å²) in [7, 11) is 0. The van der Waals surface area contributed by atoms with Crippen LogP contribution in [0, 0.1) is 26.7 Å². The van der Waals surface area contributed by atoms with Gasteiger partial charge >= 0.3 is 0 Å². The Hall–Kier alpha value is -4.00. The Morgan fingerprint density at radius 3 is 2.38 bits per heavy atom. The molecule has 1 aromatic heterocycles. The predicted octanol–water partition coefficient (Wildman–Crippen LogP) is 5.29. The highest BCUT2D eigenvalue weighted by molar-refractivity contribution is 6.01. The number of aryl methyl sites for hydroxylation is 3. The molecule has 7 nitrogen and oxygen atoms in total. The lowest BCUT2D eigenvalue weighted by Gasteiger charge is -2.32. The summed E-state index contributed by atoms with van der Waals surface area (Å²) in [5.74, 6) is -0.000718. The highest BCUT2D eigenvalue weighted by Crippen LogP contribution is 2.30. The number of carbonyl (C=O) groups excluding carboxylic acids is 2. The Morgan fingerprint density at radius 1 is 0.946 bits per heavy atom. The number of amides is 2. The van der Waals surface area contributed by atoms with Gasteiger partial charge in [-0.1, -0.05) is 67.1 Å². The van der Waals surface area contributed by atoms with Gasteiger partial charge in [0.25, 0.3) is 0 Å². The summed E-state index contributed by atoms with van der Waals surface area (Å²) < 4.78 is 1.59. The van der Waals surface area contributed by atoms with E-state index < -0.39 is 6.04 Å². The third-order valence-electron chi connectivity index (χ3n) is 6.66. The zero-order chi connectivity index (χ0) is 26.5. The Kier molecular flexibility index (Phi) is 8.01. The summed E-state index contributed by atoms with van der Waals surface area (Å²) >= 11 is 0. The fraction of sp³-hybridized carbons (Fsp3) is 0.333. The van der Waals surface area contributed by atoms with E-state index >= 15 is 0 Å². The summed E-state index contributed by atoms with van der Waals surface area (Å²) in [4.78, 5) is 29.4.